The summed E-state index contributed by atoms with van der Waals surface area (Å²) < 4.78 is 0. The molecule has 3 atom stereocenters. The lowest BCUT2D eigenvalue weighted by Gasteiger charge is -2.28. The summed E-state index contributed by atoms with van der Waals surface area (Å²) in [4.78, 5) is 24.3. The highest BCUT2D eigenvalue weighted by Crippen LogP contribution is 2.23. The van der Waals surface area contributed by atoms with Crippen LogP contribution in [0.25, 0.3) is 0 Å². The zero-order valence-corrected chi connectivity index (χ0v) is 13.8. The molecule has 0 heterocycles. The summed E-state index contributed by atoms with van der Waals surface area (Å²) in [5.41, 5.74) is 1.55. The van der Waals surface area contributed by atoms with Gasteiger partial charge in [0.25, 0.3) is 5.91 Å². The van der Waals surface area contributed by atoms with Gasteiger partial charge in [0.2, 0.25) is 5.91 Å². The Morgan fingerprint density at radius 3 is 2.74 bits per heavy atom. The first-order chi connectivity index (χ1) is 11.0. The molecule has 0 spiro atoms. The van der Waals surface area contributed by atoms with Gasteiger partial charge in [-0.25, -0.2) is 0 Å². The Balaban J connectivity index is 1.81. The average molecular weight is 318 g/mol. The van der Waals surface area contributed by atoms with E-state index in [1.165, 1.54) is 0 Å². The van der Waals surface area contributed by atoms with E-state index in [0.29, 0.717) is 12.1 Å². The van der Waals surface area contributed by atoms with Crippen LogP contribution < -0.4 is 10.6 Å². The molecule has 1 aliphatic rings. The van der Waals surface area contributed by atoms with E-state index in [2.05, 4.69) is 10.6 Å². The van der Waals surface area contributed by atoms with Crippen LogP contribution in [0.5, 0.6) is 0 Å². The first-order valence-corrected chi connectivity index (χ1v) is 8.30. The van der Waals surface area contributed by atoms with Crippen molar-refractivity contribution in [1.82, 2.24) is 10.6 Å². The molecule has 3 N–H and O–H groups in total. The molecule has 1 aromatic rings. The molecule has 0 bridgehead atoms. The molecule has 1 saturated carbocycles. The SMILES string of the molecule is Cc1cccc(C(=O)N[C@H](C)C(=O)NC[C@H]2CCCC[C@H]2O)c1. The number of hydrogen-bond donors (Lipinski definition) is 3. The van der Waals surface area contributed by atoms with Crippen LogP contribution in [0.2, 0.25) is 0 Å². The molecular weight excluding hydrogens is 292 g/mol. The van der Waals surface area contributed by atoms with Crippen molar-refractivity contribution in [1.29, 1.82) is 0 Å². The molecule has 1 aliphatic carbocycles. The molecule has 2 rings (SSSR count). The molecule has 23 heavy (non-hydrogen) atoms. The van der Waals surface area contributed by atoms with Crippen LogP contribution in [0.15, 0.2) is 24.3 Å². The maximum absolute atomic E-state index is 12.1. The number of amides is 2. The zero-order valence-electron chi connectivity index (χ0n) is 13.8. The molecule has 0 aromatic heterocycles. The monoisotopic (exact) mass is 318 g/mol. The number of carbonyl (C=O) groups is 2. The van der Waals surface area contributed by atoms with E-state index in [9.17, 15) is 14.7 Å². The molecule has 126 valence electrons. The van der Waals surface area contributed by atoms with E-state index in [-0.39, 0.29) is 23.8 Å². The van der Waals surface area contributed by atoms with Crippen molar-refractivity contribution < 1.29 is 14.7 Å². The smallest absolute Gasteiger partial charge is 0.251 e. The fraction of sp³-hybridized carbons (Fsp3) is 0.556. The van der Waals surface area contributed by atoms with Gasteiger partial charge in [-0.1, -0.05) is 30.5 Å². The number of hydrogen-bond acceptors (Lipinski definition) is 3. The fourth-order valence-electron chi connectivity index (χ4n) is 2.94. The maximum Gasteiger partial charge on any atom is 0.251 e. The number of rotatable bonds is 5. The highest BCUT2D eigenvalue weighted by atomic mass is 16.3. The third kappa shape index (κ3) is 5.06. The van der Waals surface area contributed by atoms with Crippen molar-refractivity contribution in [3.63, 3.8) is 0 Å². The molecule has 0 aliphatic heterocycles. The molecule has 0 unspecified atom stereocenters. The van der Waals surface area contributed by atoms with Gasteiger partial charge in [-0.05, 0) is 38.8 Å². The molecule has 1 aromatic carbocycles. The van der Waals surface area contributed by atoms with E-state index in [1.807, 2.05) is 19.1 Å². The minimum atomic E-state index is -0.608. The van der Waals surface area contributed by atoms with Crippen molar-refractivity contribution >= 4 is 11.8 Å². The van der Waals surface area contributed by atoms with Crippen molar-refractivity contribution in [2.75, 3.05) is 6.54 Å². The average Bonchev–Trinajstić information content (AvgIpc) is 2.53. The molecule has 1 fully saturated rings. The molecule has 5 nitrogen and oxygen atoms in total. The molecule has 2 amide bonds. The van der Waals surface area contributed by atoms with E-state index < -0.39 is 6.04 Å². The summed E-state index contributed by atoms with van der Waals surface area (Å²) in [6.07, 6.45) is 3.55. The first kappa shape index (κ1) is 17.5. The second-order valence-corrected chi connectivity index (χ2v) is 6.42. The van der Waals surface area contributed by atoms with Crippen LogP contribution >= 0.6 is 0 Å². The summed E-state index contributed by atoms with van der Waals surface area (Å²) in [7, 11) is 0. The lowest BCUT2D eigenvalue weighted by atomic mass is 9.86. The van der Waals surface area contributed by atoms with Gasteiger partial charge < -0.3 is 15.7 Å². The predicted molar refractivity (Wildman–Crippen MR) is 89.1 cm³/mol. The minimum absolute atomic E-state index is 0.118. The number of benzene rings is 1. The molecule has 0 saturated heterocycles. The Bertz CT molecular complexity index is 559. The van der Waals surface area contributed by atoms with Gasteiger partial charge in [-0.2, -0.15) is 0 Å². The molecule has 5 heteroatoms. The lowest BCUT2D eigenvalue weighted by molar-refractivity contribution is -0.123. The van der Waals surface area contributed by atoms with E-state index in [0.717, 1.165) is 31.2 Å². The number of aliphatic hydroxyl groups excluding tert-OH is 1. The second-order valence-electron chi connectivity index (χ2n) is 6.42. The van der Waals surface area contributed by atoms with Gasteiger partial charge in [0.15, 0.2) is 0 Å². The van der Waals surface area contributed by atoms with E-state index in [1.54, 1.807) is 19.1 Å². The summed E-state index contributed by atoms with van der Waals surface area (Å²) in [6, 6.07) is 6.65. The Kier molecular flexibility index (Phi) is 6.16. The standard InChI is InChI=1S/C18H26N2O3/c1-12-6-5-8-14(10-12)18(23)20-13(2)17(22)19-11-15-7-3-4-9-16(15)21/h5-6,8,10,13,15-16,21H,3-4,7,9,11H2,1-2H3,(H,19,22)(H,20,23)/t13-,15-,16-/m1/s1. The maximum atomic E-state index is 12.1. The molecular formula is C18H26N2O3. The van der Waals surface area contributed by atoms with Crippen molar-refractivity contribution in [2.45, 2.75) is 51.7 Å². The summed E-state index contributed by atoms with van der Waals surface area (Å²) in [5.74, 6) is -0.356. The van der Waals surface area contributed by atoms with Crippen molar-refractivity contribution in [2.24, 2.45) is 5.92 Å². The first-order valence-electron chi connectivity index (χ1n) is 8.30. The predicted octanol–water partition coefficient (Wildman–Crippen LogP) is 1.78. The van der Waals surface area contributed by atoms with Gasteiger partial charge in [0, 0.05) is 18.0 Å². The fourth-order valence-corrected chi connectivity index (χ4v) is 2.94. The summed E-state index contributed by atoms with van der Waals surface area (Å²) >= 11 is 0. The van der Waals surface area contributed by atoms with E-state index >= 15 is 0 Å². The number of carbonyl (C=O) groups excluding carboxylic acids is 2. The zero-order chi connectivity index (χ0) is 16.8. The van der Waals surface area contributed by atoms with Crippen molar-refractivity contribution in [3.05, 3.63) is 35.4 Å². The minimum Gasteiger partial charge on any atom is -0.393 e. The Hall–Kier alpha value is -1.88. The largest absolute Gasteiger partial charge is 0.393 e. The van der Waals surface area contributed by atoms with Gasteiger partial charge in [-0.15, -0.1) is 0 Å². The van der Waals surface area contributed by atoms with Gasteiger partial charge in [0.1, 0.15) is 6.04 Å². The number of aliphatic hydroxyl groups is 1. The summed E-state index contributed by atoms with van der Waals surface area (Å²) in [6.45, 7) is 4.05. The topological polar surface area (TPSA) is 78.4 Å². The Morgan fingerprint density at radius 2 is 2.04 bits per heavy atom. The quantitative estimate of drug-likeness (QED) is 0.774. The Morgan fingerprint density at radius 1 is 1.30 bits per heavy atom. The number of aryl methyl sites for hydroxylation is 1. The van der Waals surface area contributed by atoms with Crippen LogP contribution in [-0.4, -0.2) is 35.6 Å². The van der Waals surface area contributed by atoms with E-state index in [4.69, 9.17) is 0 Å². The van der Waals surface area contributed by atoms with Gasteiger partial charge >= 0.3 is 0 Å². The van der Waals surface area contributed by atoms with Crippen LogP contribution in [0.1, 0.15) is 48.5 Å². The highest BCUT2D eigenvalue weighted by molar-refractivity contribution is 5.97. The van der Waals surface area contributed by atoms with Crippen LogP contribution in [0.3, 0.4) is 0 Å². The third-order valence-corrected chi connectivity index (χ3v) is 4.43. The van der Waals surface area contributed by atoms with Gasteiger partial charge in [0.05, 0.1) is 6.10 Å². The molecule has 0 radical (unpaired) electrons. The van der Waals surface area contributed by atoms with Gasteiger partial charge in [-0.3, -0.25) is 9.59 Å². The number of nitrogens with one attached hydrogen (secondary N) is 2. The third-order valence-electron chi connectivity index (χ3n) is 4.43. The summed E-state index contributed by atoms with van der Waals surface area (Å²) in [5, 5.41) is 15.5. The normalized spacial score (nSPS) is 22.2. The Labute approximate surface area is 137 Å². The van der Waals surface area contributed by atoms with Crippen LogP contribution in [0.4, 0.5) is 0 Å². The lowest BCUT2D eigenvalue weighted by Crippen LogP contribution is -2.47. The van der Waals surface area contributed by atoms with Crippen LogP contribution in [0, 0.1) is 12.8 Å². The van der Waals surface area contributed by atoms with Crippen molar-refractivity contribution in [3.8, 4) is 0 Å². The second kappa shape index (κ2) is 8.11. The highest BCUT2D eigenvalue weighted by Gasteiger charge is 2.24. The van der Waals surface area contributed by atoms with Crippen LogP contribution in [-0.2, 0) is 4.79 Å².